The van der Waals surface area contributed by atoms with Crippen LogP contribution in [0.15, 0.2) is 58.6 Å². The number of primary amides is 1. The molecule has 1 saturated heterocycles. The number of ketones is 3. The summed E-state index contributed by atoms with van der Waals surface area (Å²) in [4.78, 5) is 136. The predicted octanol–water partition coefficient (Wildman–Crippen LogP) is -0.309. The van der Waals surface area contributed by atoms with Gasteiger partial charge < -0.3 is 66.0 Å². The zero-order chi connectivity index (χ0) is 55.9. The van der Waals surface area contributed by atoms with Gasteiger partial charge in [-0.25, -0.2) is 8.78 Å². The molecule has 1 aliphatic rings. The molecule has 0 radical (unpaired) electrons. The lowest BCUT2D eigenvalue weighted by atomic mass is 9.83. The molecule has 1 fully saturated rings. The van der Waals surface area contributed by atoms with Crippen molar-refractivity contribution in [2.45, 2.75) is 133 Å². The van der Waals surface area contributed by atoms with Crippen molar-refractivity contribution >= 4 is 75.6 Å². The number of aromatic amines is 1. The Morgan fingerprint density at radius 1 is 0.737 bits per heavy atom. The molecule has 0 saturated carbocycles. The number of nitrogens with two attached hydrogens (primary N) is 6. The second kappa shape index (κ2) is 30.5. The zero-order valence-electron chi connectivity index (χ0n) is 42.7. The molecule has 7 atom stereocenters. The number of carbonyl (C=O) groups excluding carboxylic acids is 9. The highest BCUT2D eigenvalue weighted by Gasteiger charge is 2.35. The van der Waals surface area contributed by atoms with Crippen molar-refractivity contribution in [3.8, 4) is 0 Å². The number of fused-ring (bicyclic) bond motifs is 1. The Hall–Kier alpha value is -7.83. The highest BCUT2D eigenvalue weighted by atomic mass is 19.1. The number of aliphatic imine (C=N–C) groups is 2. The molecule has 18 N–H and O–H groups in total. The van der Waals surface area contributed by atoms with Gasteiger partial charge in [-0.15, -0.1) is 0 Å². The van der Waals surface area contributed by atoms with Crippen molar-refractivity contribution in [2.75, 3.05) is 19.6 Å². The first-order valence-electron chi connectivity index (χ1n) is 25.3. The molecule has 4 rings (SSSR count). The molecule has 414 valence electrons. The lowest BCUT2D eigenvalue weighted by Crippen LogP contribution is -2.58. The summed E-state index contributed by atoms with van der Waals surface area (Å²) in [6.07, 6.45) is 0.242. The quantitative estimate of drug-likeness (QED) is 0.0442. The number of H-pyrrole nitrogens is 1. The van der Waals surface area contributed by atoms with Crippen LogP contribution in [-0.2, 0) is 56.0 Å². The molecule has 2 aromatic carbocycles. The molecule has 3 aromatic rings. The topological polar surface area (TPSA) is 410 Å². The molecule has 0 unspecified atom stereocenters. The number of guanidine groups is 2. The third-order valence-electron chi connectivity index (χ3n) is 12.9. The van der Waals surface area contributed by atoms with E-state index in [-0.39, 0.29) is 120 Å². The monoisotopic (exact) mass is 1060 g/mol. The lowest BCUT2D eigenvalue weighted by Gasteiger charge is -2.27. The van der Waals surface area contributed by atoms with E-state index in [9.17, 15) is 51.9 Å². The smallest absolute Gasteiger partial charge is 0.243 e. The van der Waals surface area contributed by atoms with Crippen LogP contribution in [0, 0.1) is 23.5 Å². The van der Waals surface area contributed by atoms with Gasteiger partial charge in [0.05, 0.1) is 6.04 Å². The summed E-state index contributed by atoms with van der Waals surface area (Å²) in [7, 11) is 0. The Morgan fingerprint density at radius 2 is 1.39 bits per heavy atom. The van der Waals surface area contributed by atoms with Crippen molar-refractivity contribution in [2.24, 2.45) is 56.2 Å². The van der Waals surface area contributed by atoms with Gasteiger partial charge in [-0.2, -0.15) is 0 Å². The fourth-order valence-electron chi connectivity index (χ4n) is 8.97. The van der Waals surface area contributed by atoms with E-state index in [0.29, 0.717) is 11.6 Å². The van der Waals surface area contributed by atoms with Crippen LogP contribution in [0.25, 0.3) is 10.9 Å². The molecular formula is C51H72F2N14O9. The Balaban J connectivity index is 1.79. The molecule has 1 aromatic heterocycles. The second-order valence-corrected chi connectivity index (χ2v) is 19.0. The van der Waals surface area contributed by atoms with E-state index in [2.05, 4.69) is 41.6 Å². The minimum atomic E-state index is -1.59. The van der Waals surface area contributed by atoms with Crippen LogP contribution in [0.5, 0.6) is 0 Å². The van der Waals surface area contributed by atoms with Crippen molar-refractivity contribution in [3.63, 3.8) is 0 Å². The maximum absolute atomic E-state index is 14.7. The number of aromatic nitrogens is 1. The summed E-state index contributed by atoms with van der Waals surface area (Å²) in [6.45, 7) is 1.13. The molecule has 76 heavy (non-hydrogen) atoms. The number of para-hydroxylation sites is 1. The van der Waals surface area contributed by atoms with Gasteiger partial charge in [0.2, 0.25) is 35.4 Å². The first kappa shape index (κ1) is 60.7. The Bertz CT molecular complexity index is 2580. The molecule has 2 heterocycles. The highest BCUT2D eigenvalue weighted by Crippen LogP contribution is 2.26. The van der Waals surface area contributed by atoms with Crippen LogP contribution in [0.4, 0.5) is 8.78 Å². The van der Waals surface area contributed by atoms with E-state index in [1.807, 2.05) is 18.2 Å². The minimum absolute atomic E-state index is 0.00129. The summed E-state index contributed by atoms with van der Waals surface area (Å²) >= 11 is 0. The SMILES string of the molecule is CC(=O)N[C@@H](CCCN=C(N)N)C(=O)N[C@H]1CCC(=O)CCCC[C@@H](C(N)=O)NC(=O)[C@H](Cc2c[nH]c3ccccc23)CC(=O)[C@H](CCCN=C(N)N)CC(=O)[C@@H](Cc2cc(F)cc(F)c2)NC(=O)[C@H](CCN)NC1=O. The van der Waals surface area contributed by atoms with E-state index in [1.54, 1.807) is 12.3 Å². The van der Waals surface area contributed by atoms with Crippen LogP contribution in [-0.4, -0.2) is 120 Å². The van der Waals surface area contributed by atoms with E-state index in [0.717, 1.165) is 23.0 Å². The van der Waals surface area contributed by atoms with Crippen LogP contribution in [0.3, 0.4) is 0 Å². The van der Waals surface area contributed by atoms with E-state index in [4.69, 9.17) is 34.4 Å². The number of nitrogens with one attached hydrogen (secondary N) is 6. The Kier molecular flexibility index (Phi) is 24.4. The van der Waals surface area contributed by atoms with E-state index in [1.165, 1.54) is 6.92 Å². The van der Waals surface area contributed by atoms with Gasteiger partial charge in [-0.05, 0) is 100 Å². The molecule has 0 bridgehead atoms. The Labute approximate surface area is 438 Å². The number of benzene rings is 2. The van der Waals surface area contributed by atoms with Gasteiger partial charge in [0.15, 0.2) is 17.7 Å². The molecular weight excluding hydrogens is 991 g/mol. The van der Waals surface area contributed by atoms with Crippen molar-refractivity contribution in [1.29, 1.82) is 0 Å². The van der Waals surface area contributed by atoms with Crippen LogP contribution in [0.1, 0.15) is 102 Å². The van der Waals surface area contributed by atoms with E-state index < -0.39 is 120 Å². The summed E-state index contributed by atoms with van der Waals surface area (Å²) < 4.78 is 29.3. The molecule has 1 aliphatic heterocycles. The van der Waals surface area contributed by atoms with Crippen molar-refractivity contribution in [1.82, 2.24) is 31.6 Å². The summed E-state index contributed by atoms with van der Waals surface area (Å²) in [5.41, 5.74) is 35.1. The lowest BCUT2D eigenvalue weighted by molar-refractivity contribution is -0.135. The number of Topliss-reactive ketones (excluding diaryl/α,β-unsaturated/α-hetero) is 3. The first-order valence-corrected chi connectivity index (χ1v) is 25.3. The number of nitrogens with zero attached hydrogens (tertiary/aromatic N) is 2. The minimum Gasteiger partial charge on any atom is -0.370 e. The number of amides is 6. The number of carbonyl (C=O) groups is 9. The maximum Gasteiger partial charge on any atom is 0.243 e. The average molecular weight is 1060 g/mol. The normalized spacial score (nSPS) is 21.3. The predicted molar refractivity (Wildman–Crippen MR) is 279 cm³/mol. The van der Waals surface area contributed by atoms with Crippen LogP contribution in [0.2, 0.25) is 0 Å². The third kappa shape index (κ3) is 20.5. The molecule has 6 amide bonds. The van der Waals surface area contributed by atoms with Gasteiger partial charge >= 0.3 is 0 Å². The largest absolute Gasteiger partial charge is 0.370 e. The first-order chi connectivity index (χ1) is 36.1. The number of rotatable bonds is 18. The van der Waals surface area contributed by atoms with Crippen molar-refractivity contribution in [3.05, 3.63) is 71.4 Å². The summed E-state index contributed by atoms with van der Waals surface area (Å²) in [5.74, 6) is -11.2. The van der Waals surface area contributed by atoms with Crippen molar-refractivity contribution < 1.29 is 51.9 Å². The van der Waals surface area contributed by atoms with Gasteiger partial charge in [0, 0.05) is 80.7 Å². The third-order valence-corrected chi connectivity index (χ3v) is 12.9. The number of hydrogen-bond donors (Lipinski definition) is 12. The molecule has 25 heteroatoms. The zero-order valence-corrected chi connectivity index (χ0v) is 42.7. The van der Waals surface area contributed by atoms with Crippen LogP contribution < -0.4 is 61.0 Å². The van der Waals surface area contributed by atoms with Gasteiger partial charge in [-0.1, -0.05) is 24.6 Å². The van der Waals surface area contributed by atoms with Gasteiger partial charge in [0.1, 0.15) is 47.4 Å². The maximum atomic E-state index is 14.7. The van der Waals surface area contributed by atoms with Gasteiger partial charge in [-0.3, -0.25) is 53.1 Å². The fraction of sp³-hybridized carbons (Fsp3) is 0.510. The fourth-order valence-corrected chi connectivity index (χ4v) is 8.97. The standard InChI is InChI=1S/C51H72F2N14O9/c1-28(68)63-39(13-7-19-61-51(58)59)47(74)65-40-15-14-35(69)9-2-4-12-38(45(55)72)64-46(73)31(23-32-27-62-37-11-5-3-10-36(32)37)25-43(70)30(8-6-18-60-50(56)57)24-44(71)42(22-29-20-33(52)26-34(53)21-29)67-49(76)41(16-17-54)66-48(40)75/h3,5,10-11,20-21,26-27,30-31,38-42,62H,2,4,6-9,12-19,22-25,54H2,1H3,(H2,55,72)(H,63,68)(H,64,73)(H,65,74)(H,66,75)(H,67,76)(H4,56,57,60)(H4,58,59,61)/t30-,31-,38+,39+,40+,41+,42-/m1/s1. The van der Waals surface area contributed by atoms with E-state index >= 15 is 0 Å². The molecule has 0 aliphatic carbocycles. The van der Waals surface area contributed by atoms with Crippen LogP contribution >= 0.6 is 0 Å². The number of hydrogen-bond acceptors (Lipinski definition) is 12. The van der Waals surface area contributed by atoms with Gasteiger partial charge in [0.25, 0.3) is 0 Å². The summed E-state index contributed by atoms with van der Waals surface area (Å²) in [5, 5.41) is 13.7. The highest BCUT2D eigenvalue weighted by molar-refractivity contribution is 5.98. The number of halogens is 2. The average Bonchev–Trinajstić information content (AvgIpc) is 3.76. The second-order valence-electron chi connectivity index (χ2n) is 19.0. The summed E-state index contributed by atoms with van der Waals surface area (Å²) in [6, 6.07) is 2.82. The molecule has 0 spiro atoms. The Morgan fingerprint density at radius 3 is 2.05 bits per heavy atom. The molecule has 23 nitrogen and oxygen atoms in total.